The van der Waals surface area contributed by atoms with Crippen LogP contribution in [0.15, 0.2) is 72.8 Å². The van der Waals surface area contributed by atoms with Crippen LogP contribution in [0.1, 0.15) is 31.1 Å². The van der Waals surface area contributed by atoms with Crippen LogP contribution in [-0.2, 0) is 0 Å². The predicted molar refractivity (Wildman–Crippen MR) is 112 cm³/mol. The molecule has 0 spiro atoms. The Morgan fingerprint density at radius 1 is 0.655 bits per heavy atom. The molecule has 0 heterocycles. The fraction of sp³-hybridized carbons (Fsp3) is 0. The maximum atomic E-state index is 12.4. The molecule has 0 saturated carbocycles. The molecule has 0 aliphatic carbocycles. The van der Waals surface area contributed by atoms with Gasteiger partial charge in [0.05, 0.1) is 10.6 Å². The number of carbonyl (C=O) groups is 3. The van der Waals surface area contributed by atoms with E-state index in [9.17, 15) is 14.4 Å². The number of halogens is 2. The number of amides is 3. The number of anilines is 1. The van der Waals surface area contributed by atoms with Crippen LogP contribution in [0.4, 0.5) is 5.69 Å². The Kier molecular flexibility index (Phi) is 6.49. The Labute approximate surface area is 176 Å². The molecule has 3 rings (SSSR count). The van der Waals surface area contributed by atoms with Gasteiger partial charge in [-0.15, -0.1) is 0 Å². The van der Waals surface area contributed by atoms with E-state index in [0.717, 1.165) is 0 Å². The molecule has 3 amide bonds. The highest BCUT2D eigenvalue weighted by Crippen LogP contribution is 2.22. The summed E-state index contributed by atoms with van der Waals surface area (Å²) in [4.78, 5) is 36.7. The number of carbonyl (C=O) groups excluding carboxylic acids is 3. The summed E-state index contributed by atoms with van der Waals surface area (Å²) in [6.07, 6.45) is 0. The van der Waals surface area contributed by atoms with Crippen molar-refractivity contribution in [3.63, 3.8) is 0 Å². The molecule has 0 fully saturated rings. The maximum absolute atomic E-state index is 12.4. The van der Waals surface area contributed by atoms with E-state index in [1.165, 1.54) is 18.2 Å². The Morgan fingerprint density at radius 2 is 1.31 bits per heavy atom. The number of nitrogens with one attached hydrogen (secondary N) is 3. The highest BCUT2D eigenvalue weighted by Gasteiger charge is 2.13. The van der Waals surface area contributed by atoms with Crippen LogP contribution >= 0.6 is 23.2 Å². The van der Waals surface area contributed by atoms with Crippen molar-refractivity contribution >= 4 is 46.6 Å². The molecule has 0 aliphatic rings. The molecule has 0 atom stereocenters. The summed E-state index contributed by atoms with van der Waals surface area (Å²) in [6.45, 7) is 0. The quantitative estimate of drug-likeness (QED) is 0.541. The SMILES string of the molecule is O=C(NNC(=O)c1cccc(NC(=O)c2ccc(Cl)cc2Cl)c1)c1ccccc1. The van der Waals surface area contributed by atoms with Gasteiger partial charge in [0.2, 0.25) is 0 Å². The van der Waals surface area contributed by atoms with Crippen molar-refractivity contribution < 1.29 is 14.4 Å². The van der Waals surface area contributed by atoms with Crippen LogP contribution in [0.25, 0.3) is 0 Å². The second-order valence-corrected chi connectivity index (χ2v) is 6.78. The molecule has 0 aromatic heterocycles. The maximum Gasteiger partial charge on any atom is 0.269 e. The minimum absolute atomic E-state index is 0.215. The molecular weight excluding hydrogens is 413 g/mol. The number of benzene rings is 3. The first-order valence-corrected chi connectivity index (χ1v) is 9.22. The summed E-state index contributed by atoms with van der Waals surface area (Å²) < 4.78 is 0. The number of hydrogen-bond donors (Lipinski definition) is 3. The first kappa shape index (κ1) is 20.4. The summed E-state index contributed by atoms with van der Waals surface area (Å²) in [5, 5.41) is 3.31. The molecule has 3 N–H and O–H groups in total. The monoisotopic (exact) mass is 427 g/mol. The Hall–Kier alpha value is -3.35. The molecular formula is C21H15Cl2N3O3. The molecule has 0 aliphatic heterocycles. The van der Waals surface area contributed by atoms with Crippen molar-refractivity contribution in [2.45, 2.75) is 0 Å². The molecule has 8 heteroatoms. The van der Waals surface area contributed by atoms with Crippen molar-refractivity contribution in [1.82, 2.24) is 10.9 Å². The molecule has 29 heavy (non-hydrogen) atoms. The van der Waals surface area contributed by atoms with Crippen molar-refractivity contribution in [1.29, 1.82) is 0 Å². The lowest BCUT2D eigenvalue weighted by atomic mass is 10.1. The van der Waals surface area contributed by atoms with Crippen LogP contribution in [0.3, 0.4) is 0 Å². The summed E-state index contributed by atoms with van der Waals surface area (Å²) in [7, 11) is 0. The fourth-order valence-corrected chi connectivity index (χ4v) is 2.95. The Balaban J connectivity index is 1.65. The minimum atomic E-state index is -0.532. The standard InChI is InChI=1S/C21H15Cl2N3O3/c22-15-9-10-17(18(23)12-15)21(29)24-16-8-4-7-14(11-16)20(28)26-25-19(27)13-5-2-1-3-6-13/h1-12H,(H,24,29)(H,25,27)(H,26,28). The van der Waals surface area contributed by atoms with Gasteiger partial charge in [-0.05, 0) is 48.5 Å². The van der Waals surface area contributed by atoms with Crippen LogP contribution in [0, 0.1) is 0 Å². The molecule has 0 radical (unpaired) electrons. The third kappa shape index (κ3) is 5.34. The van der Waals surface area contributed by atoms with Gasteiger partial charge in [-0.25, -0.2) is 0 Å². The lowest BCUT2D eigenvalue weighted by Gasteiger charge is -2.10. The molecule has 0 saturated heterocycles. The second kappa shape index (κ2) is 9.23. The molecule has 0 bridgehead atoms. The third-order valence-electron chi connectivity index (χ3n) is 3.88. The van der Waals surface area contributed by atoms with E-state index in [-0.39, 0.29) is 16.1 Å². The smallest absolute Gasteiger partial charge is 0.269 e. The lowest BCUT2D eigenvalue weighted by molar-refractivity contribution is 0.0846. The Bertz CT molecular complexity index is 1070. The van der Waals surface area contributed by atoms with Crippen molar-refractivity contribution in [3.8, 4) is 0 Å². The number of hydrogen-bond acceptors (Lipinski definition) is 3. The Morgan fingerprint density at radius 3 is 2.00 bits per heavy atom. The van der Waals surface area contributed by atoms with Gasteiger partial charge in [0, 0.05) is 21.8 Å². The van der Waals surface area contributed by atoms with Gasteiger partial charge in [0.1, 0.15) is 0 Å². The van der Waals surface area contributed by atoms with E-state index in [0.29, 0.717) is 16.3 Å². The zero-order valence-corrected chi connectivity index (χ0v) is 16.4. The highest BCUT2D eigenvalue weighted by atomic mass is 35.5. The highest BCUT2D eigenvalue weighted by molar-refractivity contribution is 6.37. The van der Waals surface area contributed by atoms with E-state index in [2.05, 4.69) is 16.2 Å². The fourth-order valence-electron chi connectivity index (χ4n) is 2.46. The van der Waals surface area contributed by atoms with Gasteiger partial charge in [-0.2, -0.15) is 0 Å². The zero-order valence-electron chi connectivity index (χ0n) is 14.9. The first-order valence-electron chi connectivity index (χ1n) is 8.46. The van der Waals surface area contributed by atoms with E-state index in [4.69, 9.17) is 23.2 Å². The van der Waals surface area contributed by atoms with Gasteiger partial charge in [-0.3, -0.25) is 25.2 Å². The third-order valence-corrected chi connectivity index (χ3v) is 4.43. The molecule has 3 aromatic carbocycles. The molecule has 6 nitrogen and oxygen atoms in total. The van der Waals surface area contributed by atoms with Gasteiger partial charge in [0.25, 0.3) is 17.7 Å². The van der Waals surface area contributed by atoms with Gasteiger partial charge in [-0.1, -0.05) is 47.5 Å². The summed E-state index contributed by atoms with van der Waals surface area (Å²) in [5.41, 5.74) is 5.98. The van der Waals surface area contributed by atoms with Gasteiger partial charge in [0.15, 0.2) is 0 Å². The van der Waals surface area contributed by atoms with Gasteiger partial charge < -0.3 is 5.32 Å². The summed E-state index contributed by atoms with van der Waals surface area (Å²) >= 11 is 11.9. The van der Waals surface area contributed by atoms with E-state index in [1.54, 1.807) is 54.6 Å². The zero-order chi connectivity index (χ0) is 20.8. The minimum Gasteiger partial charge on any atom is -0.322 e. The molecule has 146 valence electrons. The normalized spacial score (nSPS) is 10.1. The van der Waals surface area contributed by atoms with Crippen LogP contribution < -0.4 is 16.2 Å². The van der Waals surface area contributed by atoms with E-state index < -0.39 is 17.7 Å². The summed E-state index contributed by atoms with van der Waals surface area (Å²) in [5.74, 6) is -1.42. The van der Waals surface area contributed by atoms with Gasteiger partial charge >= 0.3 is 0 Å². The van der Waals surface area contributed by atoms with Crippen LogP contribution in [-0.4, -0.2) is 17.7 Å². The van der Waals surface area contributed by atoms with Crippen molar-refractivity contribution in [3.05, 3.63) is 99.5 Å². The van der Waals surface area contributed by atoms with Crippen molar-refractivity contribution in [2.75, 3.05) is 5.32 Å². The molecule has 0 unspecified atom stereocenters. The second-order valence-electron chi connectivity index (χ2n) is 5.93. The van der Waals surface area contributed by atoms with Crippen LogP contribution in [0.2, 0.25) is 10.0 Å². The largest absolute Gasteiger partial charge is 0.322 e. The number of hydrazine groups is 1. The summed E-state index contributed by atoms with van der Waals surface area (Å²) in [6, 6.07) is 19.3. The van der Waals surface area contributed by atoms with Crippen molar-refractivity contribution in [2.24, 2.45) is 0 Å². The van der Waals surface area contributed by atoms with E-state index in [1.807, 2.05) is 0 Å². The number of rotatable bonds is 4. The average molecular weight is 428 g/mol. The first-order chi connectivity index (χ1) is 13.9. The average Bonchev–Trinajstić information content (AvgIpc) is 2.72. The topological polar surface area (TPSA) is 87.3 Å². The lowest BCUT2D eigenvalue weighted by Crippen LogP contribution is -2.41. The predicted octanol–water partition coefficient (Wildman–Crippen LogP) is 4.32. The molecule has 3 aromatic rings. The van der Waals surface area contributed by atoms with E-state index >= 15 is 0 Å². The van der Waals surface area contributed by atoms with Crippen LogP contribution in [0.5, 0.6) is 0 Å².